The van der Waals surface area contributed by atoms with Crippen LogP contribution in [0.2, 0.25) is 0 Å². The standard InChI is InChI=1S/C19H23NO5/c1-20-9-8-19-7-6-13(24-18(21)23-3)10-15(19)25-17-14(22-2)5-4-12(11-20)16(17)19/h4-7,13,15H,8-11H2,1-3H3/t13-,15?,19-/m0/s1. The summed E-state index contributed by atoms with van der Waals surface area (Å²) >= 11 is 0. The van der Waals surface area contributed by atoms with Crippen LogP contribution in [0.1, 0.15) is 24.0 Å². The molecule has 6 nitrogen and oxygen atoms in total. The molecule has 0 amide bonds. The van der Waals surface area contributed by atoms with Crippen LogP contribution in [0.3, 0.4) is 0 Å². The highest BCUT2D eigenvalue weighted by atomic mass is 16.7. The van der Waals surface area contributed by atoms with Gasteiger partial charge in [-0.3, -0.25) is 0 Å². The topological polar surface area (TPSA) is 57.2 Å². The minimum atomic E-state index is -0.667. The van der Waals surface area contributed by atoms with Crippen LogP contribution < -0.4 is 9.47 Å². The van der Waals surface area contributed by atoms with Crippen molar-refractivity contribution in [3.8, 4) is 11.5 Å². The largest absolute Gasteiger partial charge is 0.508 e. The lowest BCUT2D eigenvalue weighted by Gasteiger charge is -2.36. The van der Waals surface area contributed by atoms with Crippen LogP contribution in [-0.4, -0.2) is 51.1 Å². The summed E-state index contributed by atoms with van der Waals surface area (Å²) in [4.78, 5) is 13.8. The van der Waals surface area contributed by atoms with E-state index in [0.717, 1.165) is 31.0 Å². The van der Waals surface area contributed by atoms with Crippen LogP contribution in [-0.2, 0) is 21.4 Å². The monoisotopic (exact) mass is 345 g/mol. The molecule has 0 N–H and O–H groups in total. The van der Waals surface area contributed by atoms with Crippen molar-refractivity contribution in [3.05, 3.63) is 35.4 Å². The lowest BCUT2D eigenvalue weighted by molar-refractivity contribution is 0.0236. The Bertz CT molecular complexity index is 731. The fraction of sp³-hybridized carbons (Fsp3) is 0.526. The lowest BCUT2D eigenvalue weighted by atomic mass is 9.69. The number of hydrogen-bond donors (Lipinski definition) is 0. The smallest absolute Gasteiger partial charge is 0.493 e. The molecule has 2 heterocycles. The highest BCUT2D eigenvalue weighted by Gasteiger charge is 2.53. The van der Waals surface area contributed by atoms with Gasteiger partial charge < -0.3 is 23.8 Å². The van der Waals surface area contributed by atoms with E-state index in [4.69, 9.17) is 14.2 Å². The van der Waals surface area contributed by atoms with Gasteiger partial charge in [-0.1, -0.05) is 12.1 Å². The van der Waals surface area contributed by atoms with Gasteiger partial charge in [0.2, 0.25) is 0 Å². The SMILES string of the molecule is COC(=O)O[C@H]1C=C[C@@]23CCN(C)Cc4ccc(OC)c(c42)OC3C1. The maximum absolute atomic E-state index is 11.5. The average molecular weight is 345 g/mol. The predicted octanol–water partition coefficient (Wildman–Crippen LogP) is 2.64. The summed E-state index contributed by atoms with van der Waals surface area (Å²) in [5.41, 5.74) is 2.31. The fourth-order valence-corrected chi connectivity index (χ4v) is 4.32. The Kier molecular flexibility index (Phi) is 3.87. The maximum Gasteiger partial charge on any atom is 0.508 e. The number of rotatable bonds is 2. The van der Waals surface area contributed by atoms with Gasteiger partial charge in [-0.15, -0.1) is 0 Å². The van der Waals surface area contributed by atoms with Gasteiger partial charge in [0.15, 0.2) is 11.5 Å². The van der Waals surface area contributed by atoms with Crippen LogP contribution >= 0.6 is 0 Å². The Morgan fingerprint density at radius 2 is 2.20 bits per heavy atom. The number of nitrogens with zero attached hydrogens (tertiary/aromatic N) is 1. The molecular weight excluding hydrogens is 322 g/mol. The highest BCUT2D eigenvalue weighted by molar-refractivity contribution is 5.62. The Hall–Kier alpha value is -2.21. The number of ether oxygens (including phenoxy) is 4. The molecule has 25 heavy (non-hydrogen) atoms. The van der Waals surface area contributed by atoms with E-state index < -0.39 is 6.16 Å². The summed E-state index contributed by atoms with van der Waals surface area (Å²) in [6.07, 6.45) is 4.62. The fourth-order valence-electron chi connectivity index (χ4n) is 4.32. The van der Waals surface area contributed by atoms with Gasteiger partial charge in [0.1, 0.15) is 12.2 Å². The lowest BCUT2D eigenvalue weighted by Crippen LogP contribution is -2.43. The number of carbonyl (C=O) groups excluding carboxylic acids is 1. The van der Waals surface area contributed by atoms with Gasteiger partial charge in [0.25, 0.3) is 0 Å². The van der Waals surface area contributed by atoms with Crippen molar-refractivity contribution in [3.63, 3.8) is 0 Å². The molecule has 1 unspecified atom stereocenters. The second-order valence-electron chi connectivity index (χ2n) is 6.97. The summed E-state index contributed by atoms with van der Waals surface area (Å²) in [5.74, 6) is 1.60. The van der Waals surface area contributed by atoms with E-state index in [1.807, 2.05) is 12.1 Å². The summed E-state index contributed by atoms with van der Waals surface area (Å²) in [6, 6.07) is 4.11. The molecule has 1 aromatic rings. The molecule has 134 valence electrons. The van der Waals surface area contributed by atoms with E-state index in [0.29, 0.717) is 6.42 Å². The first kappa shape index (κ1) is 16.3. The minimum Gasteiger partial charge on any atom is -0.493 e. The van der Waals surface area contributed by atoms with E-state index >= 15 is 0 Å². The third-order valence-electron chi connectivity index (χ3n) is 5.54. The molecule has 0 saturated heterocycles. The molecule has 0 radical (unpaired) electrons. The van der Waals surface area contributed by atoms with Crippen molar-refractivity contribution >= 4 is 6.16 Å². The summed E-state index contributed by atoms with van der Waals surface area (Å²) in [7, 11) is 5.12. The van der Waals surface area contributed by atoms with Gasteiger partial charge in [0.05, 0.1) is 19.6 Å². The van der Waals surface area contributed by atoms with E-state index in [9.17, 15) is 4.79 Å². The Morgan fingerprint density at radius 3 is 2.96 bits per heavy atom. The molecule has 0 bridgehead atoms. The van der Waals surface area contributed by atoms with Crippen molar-refractivity contribution in [2.24, 2.45) is 0 Å². The van der Waals surface area contributed by atoms with Crippen LogP contribution in [0, 0.1) is 0 Å². The molecule has 2 aliphatic heterocycles. The second-order valence-corrected chi connectivity index (χ2v) is 6.97. The molecule has 1 aromatic carbocycles. The van der Waals surface area contributed by atoms with E-state index in [2.05, 4.69) is 28.8 Å². The second kappa shape index (κ2) is 5.95. The van der Waals surface area contributed by atoms with Gasteiger partial charge in [0, 0.05) is 18.5 Å². The highest BCUT2D eigenvalue weighted by Crippen LogP contribution is 2.55. The quantitative estimate of drug-likeness (QED) is 0.607. The number of carbonyl (C=O) groups is 1. The van der Waals surface area contributed by atoms with Crippen molar-refractivity contribution in [2.75, 3.05) is 27.8 Å². The van der Waals surface area contributed by atoms with Crippen molar-refractivity contribution in [1.82, 2.24) is 4.90 Å². The molecule has 6 heteroatoms. The molecular formula is C19H23NO5. The van der Waals surface area contributed by atoms with Crippen LogP contribution in [0.4, 0.5) is 4.79 Å². The molecule has 3 atom stereocenters. The zero-order chi connectivity index (χ0) is 17.6. The molecule has 0 aromatic heterocycles. The minimum absolute atomic E-state index is 0.0799. The summed E-state index contributed by atoms with van der Waals surface area (Å²) in [6.45, 7) is 1.86. The Balaban J connectivity index is 1.77. The van der Waals surface area contributed by atoms with Crippen LogP contribution in [0.25, 0.3) is 0 Å². The number of hydrogen-bond acceptors (Lipinski definition) is 6. The van der Waals surface area contributed by atoms with E-state index in [1.54, 1.807) is 7.11 Å². The van der Waals surface area contributed by atoms with E-state index in [-0.39, 0.29) is 17.6 Å². The van der Waals surface area contributed by atoms with Crippen molar-refractivity contribution in [2.45, 2.75) is 37.0 Å². The van der Waals surface area contributed by atoms with Crippen molar-refractivity contribution in [1.29, 1.82) is 0 Å². The van der Waals surface area contributed by atoms with Crippen LogP contribution in [0.15, 0.2) is 24.3 Å². The molecule has 1 aliphatic carbocycles. The van der Waals surface area contributed by atoms with Gasteiger partial charge in [-0.2, -0.15) is 0 Å². The van der Waals surface area contributed by atoms with Crippen molar-refractivity contribution < 1.29 is 23.7 Å². The molecule has 4 rings (SSSR count). The predicted molar refractivity (Wildman–Crippen MR) is 91.1 cm³/mol. The first-order chi connectivity index (χ1) is 12.1. The summed E-state index contributed by atoms with van der Waals surface area (Å²) in [5, 5.41) is 0. The van der Waals surface area contributed by atoms with Gasteiger partial charge in [-0.25, -0.2) is 4.79 Å². The van der Waals surface area contributed by atoms with Gasteiger partial charge in [-0.05, 0) is 37.7 Å². The zero-order valence-electron chi connectivity index (χ0n) is 14.8. The Labute approximate surface area is 147 Å². The summed E-state index contributed by atoms with van der Waals surface area (Å²) < 4.78 is 21.8. The number of benzene rings is 1. The van der Waals surface area contributed by atoms with Crippen LogP contribution in [0.5, 0.6) is 11.5 Å². The third-order valence-corrected chi connectivity index (χ3v) is 5.54. The molecule has 3 aliphatic rings. The first-order valence-corrected chi connectivity index (χ1v) is 8.57. The molecule has 0 saturated carbocycles. The Morgan fingerprint density at radius 1 is 1.36 bits per heavy atom. The van der Waals surface area contributed by atoms with Gasteiger partial charge >= 0.3 is 6.16 Å². The maximum atomic E-state index is 11.5. The average Bonchev–Trinajstić information content (AvgIpc) is 2.87. The molecule has 1 spiro atoms. The first-order valence-electron chi connectivity index (χ1n) is 8.57. The molecule has 0 fully saturated rings. The number of methoxy groups -OCH3 is 2. The normalized spacial score (nSPS) is 29.9. The van der Waals surface area contributed by atoms with E-state index in [1.165, 1.54) is 18.2 Å². The third kappa shape index (κ3) is 2.47. The zero-order valence-corrected chi connectivity index (χ0v) is 14.8.